The van der Waals surface area contributed by atoms with Crippen molar-refractivity contribution in [3.8, 4) is 0 Å². The van der Waals surface area contributed by atoms with Crippen molar-refractivity contribution in [2.75, 3.05) is 16.2 Å². The van der Waals surface area contributed by atoms with Crippen molar-refractivity contribution < 1.29 is 22.9 Å². The molecule has 0 unspecified atom stereocenters. The molecule has 2 amide bonds. The van der Waals surface area contributed by atoms with E-state index in [2.05, 4.69) is 10.6 Å². The SMILES string of the molecule is C[C@H](NC(=O)c1ccccc1NC(=O)CN(c1ccc([N+](=O)[O-])cc1)S(=O)(=O)c1ccccc1)c1ccccc1. The first-order valence-electron chi connectivity index (χ1n) is 12.2. The molecule has 0 aromatic heterocycles. The average Bonchev–Trinajstić information content (AvgIpc) is 2.97. The van der Waals surface area contributed by atoms with E-state index in [1.54, 1.807) is 42.5 Å². The molecule has 0 fully saturated rings. The Kier molecular flexibility index (Phi) is 8.55. The summed E-state index contributed by atoms with van der Waals surface area (Å²) >= 11 is 0. The van der Waals surface area contributed by atoms with E-state index in [9.17, 15) is 28.1 Å². The fraction of sp³-hybridized carbons (Fsp3) is 0.103. The second-order valence-electron chi connectivity index (χ2n) is 8.80. The van der Waals surface area contributed by atoms with E-state index in [0.29, 0.717) is 0 Å². The molecule has 0 bridgehead atoms. The van der Waals surface area contributed by atoms with E-state index in [4.69, 9.17) is 0 Å². The zero-order chi connectivity index (χ0) is 28.7. The quantitative estimate of drug-likeness (QED) is 0.209. The molecule has 4 rings (SSSR count). The van der Waals surface area contributed by atoms with Gasteiger partial charge >= 0.3 is 0 Å². The highest BCUT2D eigenvalue weighted by Crippen LogP contribution is 2.26. The zero-order valence-electron chi connectivity index (χ0n) is 21.4. The number of nitro benzene ring substituents is 1. The number of benzene rings is 4. The van der Waals surface area contributed by atoms with E-state index in [1.807, 2.05) is 37.3 Å². The standard InChI is InChI=1S/C29H26N4O6S/c1-21(22-10-4-2-5-11-22)30-29(35)26-14-8-9-15-27(26)31-28(34)20-32(23-16-18-24(19-17-23)33(36)37)40(38,39)25-12-6-3-7-13-25/h2-19,21H,20H2,1H3,(H,30,35)(H,31,34)/t21-/m0/s1. The first kappa shape index (κ1) is 28.0. The number of anilines is 2. The van der Waals surface area contributed by atoms with Crippen molar-refractivity contribution in [3.05, 3.63) is 130 Å². The summed E-state index contributed by atoms with van der Waals surface area (Å²) in [6, 6.07) is 27.9. The molecule has 2 N–H and O–H groups in total. The molecule has 204 valence electrons. The lowest BCUT2D eigenvalue weighted by atomic mass is 10.1. The molecule has 4 aromatic rings. The Labute approximate surface area is 231 Å². The molecule has 0 aliphatic heterocycles. The smallest absolute Gasteiger partial charge is 0.269 e. The number of para-hydroxylation sites is 1. The van der Waals surface area contributed by atoms with Crippen LogP contribution in [-0.2, 0) is 14.8 Å². The number of carbonyl (C=O) groups excluding carboxylic acids is 2. The minimum Gasteiger partial charge on any atom is -0.345 e. The average molecular weight is 559 g/mol. The minimum atomic E-state index is -4.22. The molecular formula is C29H26N4O6S. The van der Waals surface area contributed by atoms with Crippen molar-refractivity contribution in [1.82, 2.24) is 5.32 Å². The molecule has 0 aliphatic rings. The van der Waals surface area contributed by atoms with E-state index in [1.165, 1.54) is 24.3 Å². The summed E-state index contributed by atoms with van der Waals surface area (Å²) in [4.78, 5) is 36.7. The predicted octanol–water partition coefficient (Wildman–Crippen LogP) is 4.92. The highest BCUT2D eigenvalue weighted by molar-refractivity contribution is 7.92. The summed E-state index contributed by atoms with van der Waals surface area (Å²) in [7, 11) is -4.22. The molecule has 11 heteroatoms. The molecule has 0 aliphatic carbocycles. The maximum atomic E-state index is 13.5. The molecule has 1 atom stereocenters. The van der Waals surface area contributed by atoms with Crippen LogP contribution in [0.2, 0.25) is 0 Å². The molecule has 0 radical (unpaired) electrons. The molecular weight excluding hydrogens is 532 g/mol. The number of amides is 2. The summed E-state index contributed by atoms with van der Waals surface area (Å²) in [5.41, 5.74) is 1.14. The zero-order valence-corrected chi connectivity index (χ0v) is 22.2. The van der Waals surface area contributed by atoms with Gasteiger partial charge in [0.1, 0.15) is 6.54 Å². The Morgan fingerprint density at radius 1 is 0.850 bits per heavy atom. The van der Waals surface area contributed by atoms with Crippen molar-refractivity contribution in [1.29, 1.82) is 0 Å². The van der Waals surface area contributed by atoms with Crippen LogP contribution in [0.1, 0.15) is 28.9 Å². The van der Waals surface area contributed by atoms with Gasteiger partial charge in [0.25, 0.3) is 21.6 Å². The van der Waals surface area contributed by atoms with E-state index >= 15 is 0 Å². The number of rotatable bonds is 10. The van der Waals surface area contributed by atoms with Gasteiger partial charge < -0.3 is 10.6 Å². The maximum Gasteiger partial charge on any atom is 0.269 e. The molecule has 4 aromatic carbocycles. The van der Waals surface area contributed by atoms with Crippen LogP contribution in [0.25, 0.3) is 0 Å². The van der Waals surface area contributed by atoms with Crippen molar-refractivity contribution in [2.45, 2.75) is 17.9 Å². The van der Waals surface area contributed by atoms with Gasteiger partial charge in [0.2, 0.25) is 5.91 Å². The summed E-state index contributed by atoms with van der Waals surface area (Å²) in [5, 5.41) is 16.6. The van der Waals surface area contributed by atoms with Gasteiger partial charge in [0.05, 0.1) is 32.8 Å². The normalized spacial score (nSPS) is 11.7. The number of sulfonamides is 1. The predicted molar refractivity (Wildman–Crippen MR) is 151 cm³/mol. The van der Waals surface area contributed by atoms with Gasteiger partial charge in [0, 0.05) is 12.1 Å². The van der Waals surface area contributed by atoms with Gasteiger partial charge in [-0.1, -0.05) is 60.7 Å². The van der Waals surface area contributed by atoms with Gasteiger partial charge in [-0.25, -0.2) is 8.42 Å². The third-order valence-corrected chi connectivity index (χ3v) is 7.85. The summed E-state index contributed by atoms with van der Waals surface area (Å²) < 4.78 is 27.9. The van der Waals surface area contributed by atoms with Crippen LogP contribution in [0.3, 0.4) is 0 Å². The van der Waals surface area contributed by atoms with Crippen LogP contribution in [-0.4, -0.2) is 31.7 Å². The second kappa shape index (κ2) is 12.2. The lowest BCUT2D eigenvalue weighted by molar-refractivity contribution is -0.384. The summed E-state index contributed by atoms with van der Waals surface area (Å²) in [5.74, 6) is -1.13. The number of nitrogens with zero attached hydrogens (tertiary/aromatic N) is 2. The summed E-state index contributed by atoms with van der Waals surface area (Å²) in [6.07, 6.45) is 0. The second-order valence-corrected chi connectivity index (χ2v) is 10.7. The number of hydrogen-bond donors (Lipinski definition) is 2. The fourth-order valence-electron chi connectivity index (χ4n) is 3.99. The Bertz CT molecular complexity index is 1610. The molecule has 0 saturated heterocycles. The topological polar surface area (TPSA) is 139 Å². The molecule has 0 saturated carbocycles. The highest BCUT2D eigenvalue weighted by Gasteiger charge is 2.28. The van der Waals surface area contributed by atoms with Crippen LogP contribution < -0.4 is 14.9 Å². The Hall–Kier alpha value is -5.03. The molecule has 0 heterocycles. The van der Waals surface area contributed by atoms with Crippen molar-refractivity contribution >= 4 is 38.9 Å². The number of non-ortho nitro benzene ring substituents is 1. The summed E-state index contributed by atoms with van der Waals surface area (Å²) in [6.45, 7) is 1.19. The van der Waals surface area contributed by atoms with Crippen LogP contribution in [0.5, 0.6) is 0 Å². The number of nitrogens with one attached hydrogen (secondary N) is 2. The molecule has 10 nitrogen and oxygen atoms in total. The monoisotopic (exact) mass is 558 g/mol. The third kappa shape index (κ3) is 6.51. The Morgan fingerprint density at radius 2 is 1.43 bits per heavy atom. The number of hydrogen-bond acceptors (Lipinski definition) is 6. The maximum absolute atomic E-state index is 13.5. The number of nitro groups is 1. The van der Waals surface area contributed by atoms with Gasteiger partial charge in [-0.2, -0.15) is 0 Å². The first-order chi connectivity index (χ1) is 19.2. The van der Waals surface area contributed by atoms with Crippen LogP contribution >= 0.6 is 0 Å². The largest absolute Gasteiger partial charge is 0.345 e. The first-order valence-corrected chi connectivity index (χ1v) is 13.7. The highest BCUT2D eigenvalue weighted by atomic mass is 32.2. The van der Waals surface area contributed by atoms with Crippen molar-refractivity contribution in [3.63, 3.8) is 0 Å². The third-order valence-electron chi connectivity index (χ3n) is 6.06. The molecule has 40 heavy (non-hydrogen) atoms. The van der Waals surface area contributed by atoms with Gasteiger partial charge in [-0.05, 0) is 48.9 Å². The van der Waals surface area contributed by atoms with E-state index < -0.39 is 33.3 Å². The lowest BCUT2D eigenvalue weighted by Gasteiger charge is -2.24. The fourth-order valence-corrected chi connectivity index (χ4v) is 5.43. The van der Waals surface area contributed by atoms with Gasteiger partial charge in [-0.15, -0.1) is 0 Å². The van der Waals surface area contributed by atoms with Crippen LogP contribution in [0.4, 0.5) is 17.1 Å². The molecule has 0 spiro atoms. The van der Waals surface area contributed by atoms with Crippen LogP contribution in [0, 0.1) is 10.1 Å². The minimum absolute atomic E-state index is 0.0594. The van der Waals surface area contributed by atoms with Gasteiger partial charge in [-0.3, -0.25) is 24.0 Å². The van der Waals surface area contributed by atoms with Crippen molar-refractivity contribution in [2.24, 2.45) is 0 Å². The van der Waals surface area contributed by atoms with E-state index in [0.717, 1.165) is 22.0 Å². The van der Waals surface area contributed by atoms with Crippen LogP contribution in [0.15, 0.2) is 114 Å². The Balaban J connectivity index is 1.58. The van der Waals surface area contributed by atoms with E-state index in [-0.39, 0.29) is 33.6 Å². The lowest BCUT2D eigenvalue weighted by Crippen LogP contribution is -2.38. The number of carbonyl (C=O) groups is 2. The van der Waals surface area contributed by atoms with Gasteiger partial charge in [0.15, 0.2) is 0 Å². The Morgan fingerprint density at radius 3 is 2.05 bits per heavy atom.